The number of benzene rings is 1. The summed E-state index contributed by atoms with van der Waals surface area (Å²) in [5.41, 5.74) is 1.31. The van der Waals surface area contributed by atoms with Crippen LogP contribution in [0.3, 0.4) is 0 Å². The molecule has 0 radical (unpaired) electrons. The normalized spacial score (nSPS) is 12.9. The predicted octanol–water partition coefficient (Wildman–Crippen LogP) is 6.23. The Balaban J connectivity index is 1.84. The Hall–Kier alpha value is -3.44. The van der Waals surface area contributed by atoms with Crippen molar-refractivity contribution in [1.82, 2.24) is 15.0 Å². The van der Waals surface area contributed by atoms with Gasteiger partial charge in [0.25, 0.3) is 0 Å². The van der Waals surface area contributed by atoms with Crippen LogP contribution in [0.4, 0.5) is 14.5 Å². The van der Waals surface area contributed by atoms with Gasteiger partial charge in [-0.05, 0) is 42.8 Å². The Morgan fingerprint density at radius 2 is 1.79 bits per heavy atom. The molecule has 0 saturated carbocycles. The molecule has 38 heavy (non-hydrogen) atoms. The fraction of sp³-hybridized carbons (Fsp3) is 0.296. The molecule has 4 rings (SSSR count). The van der Waals surface area contributed by atoms with Crippen molar-refractivity contribution in [2.24, 2.45) is 5.41 Å². The number of hydrogen-bond acceptors (Lipinski definition) is 7. The third kappa shape index (κ3) is 5.53. The number of sulfone groups is 1. The van der Waals surface area contributed by atoms with Gasteiger partial charge in [0.05, 0.1) is 40.1 Å². The molecular formula is C27H28F2N4O3S2. The lowest BCUT2D eigenvalue weighted by Gasteiger charge is -2.32. The molecule has 0 bridgehead atoms. The number of aryl methyl sites for hydroxylation is 1. The number of hydrogen-bond donors (Lipinski definition) is 2. The Bertz CT molecular complexity index is 1610. The molecule has 2 N–H and O–H groups in total. The van der Waals surface area contributed by atoms with E-state index in [1.54, 1.807) is 19.1 Å². The molecule has 0 spiro atoms. The number of H-pyrrole nitrogens is 1. The molecule has 7 nitrogen and oxygen atoms in total. The number of rotatable bonds is 7. The van der Waals surface area contributed by atoms with Gasteiger partial charge < -0.3 is 15.0 Å². The molecule has 1 atom stereocenters. The Labute approximate surface area is 225 Å². The maximum absolute atomic E-state index is 15.2. The van der Waals surface area contributed by atoms with E-state index in [4.69, 9.17) is 17.0 Å². The van der Waals surface area contributed by atoms with Crippen LogP contribution in [-0.4, -0.2) is 41.1 Å². The standard InChI is InChI=1S/C27H28F2N4O3S2/c1-15-6-8-17(9-7-15)38(34,35)25-20(29)13-32-26-24(25)18(11-31-26)21-10-22(19(28)12-30-21)33-23(27(3,4)5)14-36-16(2)37/h6-13,23H,14H2,1-5H3,(H,30,33)(H,31,32)/t23-/m1/s1. The van der Waals surface area contributed by atoms with Crippen molar-refractivity contribution in [3.05, 3.63) is 66.1 Å². The Morgan fingerprint density at radius 1 is 1.13 bits per heavy atom. The number of fused-ring (bicyclic) bond motifs is 1. The van der Waals surface area contributed by atoms with Gasteiger partial charge in [0.1, 0.15) is 17.1 Å². The van der Waals surface area contributed by atoms with Crippen LogP contribution in [0.5, 0.6) is 0 Å². The molecular weight excluding hydrogens is 530 g/mol. The minimum absolute atomic E-state index is 0.0302. The lowest BCUT2D eigenvalue weighted by Crippen LogP contribution is -2.38. The minimum atomic E-state index is -4.27. The van der Waals surface area contributed by atoms with Crippen LogP contribution >= 0.6 is 12.2 Å². The van der Waals surface area contributed by atoms with Gasteiger partial charge in [0.2, 0.25) is 9.84 Å². The first-order valence-corrected chi connectivity index (χ1v) is 13.7. The van der Waals surface area contributed by atoms with Crippen LogP contribution in [0.2, 0.25) is 0 Å². The highest BCUT2D eigenvalue weighted by molar-refractivity contribution is 7.91. The zero-order chi connectivity index (χ0) is 27.8. The topological polar surface area (TPSA) is 97.0 Å². The van der Waals surface area contributed by atoms with E-state index in [0.29, 0.717) is 5.05 Å². The maximum Gasteiger partial charge on any atom is 0.210 e. The highest BCUT2D eigenvalue weighted by atomic mass is 32.2. The van der Waals surface area contributed by atoms with Crippen molar-refractivity contribution in [2.45, 2.75) is 50.5 Å². The fourth-order valence-corrected chi connectivity index (χ4v) is 5.52. The van der Waals surface area contributed by atoms with Gasteiger partial charge in [-0.25, -0.2) is 22.2 Å². The number of thiocarbonyl (C=S) groups is 1. The van der Waals surface area contributed by atoms with Crippen molar-refractivity contribution >= 4 is 43.8 Å². The monoisotopic (exact) mass is 558 g/mol. The van der Waals surface area contributed by atoms with Crippen molar-refractivity contribution in [3.8, 4) is 11.3 Å². The quantitative estimate of drug-likeness (QED) is 0.259. The summed E-state index contributed by atoms with van der Waals surface area (Å²) in [5, 5.41) is 3.56. The highest BCUT2D eigenvalue weighted by Gasteiger charge is 2.30. The number of nitrogens with one attached hydrogen (secondary N) is 2. The molecule has 0 amide bonds. The number of aromatic amines is 1. The average molecular weight is 559 g/mol. The number of aromatic nitrogens is 3. The van der Waals surface area contributed by atoms with Crippen molar-refractivity contribution in [2.75, 3.05) is 11.9 Å². The lowest BCUT2D eigenvalue weighted by atomic mass is 9.87. The van der Waals surface area contributed by atoms with E-state index in [9.17, 15) is 12.8 Å². The second-order valence-corrected chi connectivity index (χ2v) is 12.6. The molecule has 11 heteroatoms. The van der Waals surface area contributed by atoms with Gasteiger partial charge in [-0.2, -0.15) is 0 Å². The molecule has 1 aromatic carbocycles. The number of ether oxygens (including phenoxy) is 1. The average Bonchev–Trinajstić information content (AvgIpc) is 3.25. The molecule has 0 aliphatic rings. The molecule has 0 aliphatic heterocycles. The summed E-state index contributed by atoms with van der Waals surface area (Å²) >= 11 is 5.02. The third-order valence-corrected chi connectivity index (χ3v) is 8.12. The van der Waals surface area contributed by atoms with Gasteiger partial charge in [-0.15, -0.1) is 0 Å². The number of halogens is 2. The van der Waals surface area contributed by atoms with Crippen molar-refractivity contribution in [1.29, 1.82) is 0 Å². The molecule has 0 aliphatic carbocycles. The van der Waals surface area contributed by atoms with E-state index in [0.717, 1.165) is 18.0 Å². The van der Waals surface area contributed by atoms with E-state index in [1.807, 2.05) is 27.7 Å². The Kier molecular flexibility index (Phi) is 7.53. The smallest absolute Gasteiger partial charge is 0.210 e. The molecule has 3 aromatic heterocycles. The molecule has 0 unspecified atom stereocenters. The summed E-state index contributed by atoms with van der Waals surface area (Å²) in [4.78, 5) is 10.5. The fourth-order valence-electron chi connectivity index (χ4n) is 3.94. The lowest BCUT2D eigenvalue weighted by molar-refractivity contribution is 0.213. The SMILES string of the molecule is CC(=S)OC[C@@H](Nc1cc(-c2c[nH]c3ncc(F)c(S(=O)(=O)c4ccc(C)cc4)c23)ncc1F)C(C)(C)C. The third-order valence-electron chi connectivity index (χ3n) is 6.17. The van der Waals surface area contributed by atoms with Crippen LogP contribution in [0.25, 0.3) is 22.3 Å². The molecule has 200 valence electrons. The van der Waals surface area contributed by atoms with Gasteiger partial charge in [0, 0.05) is 18.7 Å². The van der Waals surface area contributed by atoms with Gasteiger partial charge >= 0.3 is 0 Å². The zero-order valence-electron chi connectivity index (χ0n) is 21.6. The molecule has 3 heterocycles. The van der Waals surface area contributed by atoms with E-state index in [-0.39, 0.29) is 50.9 Å². The number of nitrogens with zero attached hydrogens (tertiary/aromatic N) is 2. The number of pyridine rings is 2. The first-order valence-electron chi connectivity index (χ1n) is 11.8. The van der Waals surface area contributed by atoms with Crippen molar-refractivity contribution < 1.29 is 21.9 Å². The second kappa shape index (κ2) is 10.4. The van der Waals surface area contributed by atoms with Gasteiger partial charge in [-0.1, -0.05) is 38.5 Å². The maximum atomic E-state index is 15.2. The Morgan fingerprint density at radius 3 is 2.42 bits per heavy atom. The van der Waals surface area contributed by atoms with Gasteiger partial charge in [-0.3, -0.25) is 4.98 Å². The summed E-state index contributed by atoms with van der Waals surface area (Å²) in [6.45, 7) is 9.61. The van der Waals surface area contributed by atoms with E-state index in [2.05, 4.69) is 20.3 Å². The predicted molar refractivity (Wildman–Crippen MR) is 147 cm³/mol. The largest absolute Gasteiger partial charge is 0.485 e. The van der Waals surface area contributed by atoms with Crippen LogP contribution in [-0.2, 0) is 14.6 Å². The summed E-state index contributed by atoms with van der Waals surface area (Å²) in [6.07, 6.45) is 3.37. The second-order valence-electron chi connectivity index (χ2n) is 10.1. The molecule has 4 aromatic rings. The highest BCUT2D eigenvalue weighted by Crippen LogP contribution is 2.37. The summed E-state index contributed by atoms with van der Waals surface area (Å²) in [6, 6.07) is 7.26. The summed E-state index contributed by atoms with van der Waals surface area (Å²) in [5.74, 6) is -1.61. The molecule has 0 fully saturated rings. The van der Waals surface area contributed by atoms with Crippen LogP contribution in [0.15, 0.2) is 58.7 Å². The van der Waals surface area contributed by atoms with Gasteiger partial charge in [0.15, 0.2) is 16.7 Å². The van der Waals surface area contributed by atoms with Crippen molar-refractivity contribution in [3.63, 3.8) is 0 Å². The number of anilines is 1. The van der Waals surface area contributed by atoms with Crippen LogP contribution in [0, 0.1) is 24.0 Å². The molecule has 0 saturated heterocycles. The van der Waals surface area contributed by atoms with Crippen LogP contribution in [0.1, 0.15) is 33.3 Å². The minimum Gasteiger partial charge on any atom is -0.485 e. The van der Waals surface area contributed by atoms with Crippen LogP contribution < -0.4 is 5.32 Å². The first kappa shape index (κ1) is 27.6. The first-order chi connectivity index (χ1) is 17.8. The van der Waals surface area contributed by atoms with E-state index >= 15 is 4.39 Å². The van der Waals surface area contributed by atoms with E-state index < -0.39 is 26.4 Å². The zero-order valence-corrected chi connectivity index (χ0v) is 23.2. The van der Waals surface area contributed by atoms with E-state index in [1.165, 1.54) is 24.4 Å². The summed E-state index contributed by atoms with van der Waals surface area (Å²) in [7, 11) is -4.27. The summed E-state index contributed by atoms with van der Waals surface area (Å²) < 4.78 is 62.7.